The van der Waals surface area contributed by atoms with Gasteiger partial charge in [-0.15, -0.1) is 12.4 Å². The van der Waals surface area contributed by atoms with E-state index in [0.29, 0.717) is 5.41 Å². The molecule has 1 aliphatic carbocycles. The summed E-state index contributed by atoms with van der Waals surface area (Å²) in [4.78, 5) is 11.7. The summed E-state index contributed by atoms with van der Waals surface area (Å²) < 4.78 is 0. The van der Waals surface area contributed by atoms with Gasteiger partial charge in [-0.1, -0.05) is 26.7 Å². The molecule has 0 saturated heterocycles. The predicted molar refractivity (Wildman–Crippen MR) is 69.6 cm³/mol. The van der Waals surface area contributed by atoms with Gasteiger partial charge in [0.05, 0.1) is 0 Å². The molecule has 2 unspecified atom stereocenters. The first-order valence-corrected chi connectivity index (χ1v) is 5.98. The first-order chi connectivity index (χ1) is 6.94. The Bertz CT molecular complexity index is 225. The Hall–Kier alpha value is -0.280. The molecular formula is C12H25ClN2O. The lowest BCUT2D eigenvalue weighted by Crippen LogP contribution is -2.42. The average molecular weight is 249 g/mol. The molecule has 0 aliphatic heterocycles. The van der Waals surface area contributed by atoms with Crippen molar-refractivity contribution in [2.45, 2.75) is 52.5 Å². The number of nitrogens with two attached hydrogens (primary N) is 1. The molecule has 0 aromatic rings. The molecule has 0 bridgehead atoms. The van der Waals surface area contributed by atoms with Crippen molar-refractivity contribution in [3.8, 4) is 0 Å². The summed E-state index contributed by atoms with van der Waals surface area (Å²) in [5.41, 5.74) is 6.02. The lowest BCUT2D eigenvalue weighted by molar-refractivity contribution is -0.125. The van der Waals surface area contributed by atoms with Crippen LogP contribution in [0.5, 0.6) is 0 Å². The lowest BCUT2D eigenvalue weighted by Gasteiger charge is -2.25. The number of halogens is 1. The Morgan fingerprint density at radius 3 is 2.31 bits per heavy atom. The monoisotopic (exact) mass is 248 g/mol. The lowest BCUT2D eigenvalue weighted by atomic mass is 9.88. The minimum atomic E-state index is -0.0880. The summed E-state index contributed by atoms with van der Waals surface area (Å²) in [6, 6.07) is -0.0682. The minimum Gasteiger partial charge on any atom is -0.355 e. The van der Waals surface area contributed by atoms with Crippen molar-refractivity contribution >= 4 is 18.3 Å². The highest BCUT2D eigenvalue weighted by molar-refractivity contribution is 5.85. The van der Waals surface area contributed by atoms with Crippen molar-refractivity contribution in [3.63, 3.8) is 0 Å². The molecule has 1 aliphatic rings. The molecule has 3 N–H and O–H groups in total. The number of carbonyl (C=O) groups is 1. The van der Waals surface area contributed by atoms with Crippen molar-refractivity contribution in [2.75, 3.05) is 6.54 Å². The molecule has 0 aromatic heterocycles. The van der Waals surface area contributed by atoms with E-state index in [1.165, 1.54) is 25.7 Å². The first-order valence-electron chi connectivity index (χ1n) is 5.98. The van der Waals surface area contributed by atoms with Crippen LogP contribution in [0.15, 0.2) is 0 Å². The second-order valence-electron chi connectivity index (χ2n) is 5.38. The molecule has 4 heteroatoms. The van der Waals surface area contributed by atoms with E-state index in [-0.39, 0.29) is 30.3 Å². The Balaban J connectivity index is 0.00000225. The van der Waals surface area contributed by atoms with Gasteiger partial charge in [-0.2, -0.15) is 0 Å². The zero-order chi connectivity index (χ0) is 11.5. The molecule has 0 aromatic carbocycles. The van der Waals surface area contributed by atoms with Crippen LogP contribution in [-0.4, -0.2) is 18.5 Å². The van der Waals surface area contributed by atoms with Crippen LogP contribution in [0.3, 0.4) is 0 Å². The Morgan fingerprint density at radius 1 is 1.38 bits per heavy atom. The van der Waals surface area contributed by atoms with Crippen LogP contribution in [0.4, 0.5) is 0 Å². The molecule has 1 amide bonds. The second kappa shape index (κ2) is 6.45. The van der Waals surface area contributed by atoms with E-state index in [0.717, 1.165) is 6.54 Å². The molecule has 3 nitrogen and oxygen atoms in total. The van der Waals surface area contributed by atoms with Crippen molar-refractivity contribution in [2.24, 2.45) is 17.1 Å². The van der Waals surface area contributed by atoms with Gasteiger partial charge in [-0.3, -0.25) is 4.79 Å². The van der Waals surface area contributed by atoms with Crippen molar-refractivity contribution in [1.82, 2.24) is 5.32 Å². The van der Waals surface area contributed by atoms with Crippen molar-refractivity contribution < 1.29 is 4.79 Å². The van der Waals surface area contributed by atoms with Crippen LogP contribution in [-0.2, 0) is 4.79 Å². The van der Waals surface area contributed by atoms with Gasteiger partial charge in [0.1, 0.15) is 0 Å². The van der Waals surface area contributed by atoms with Gasteiger partial charge in [0.25, 0.3) is 0 Å². The standard InChI is InChI=1S/C12H24N2O.ClH/c1-9(10(2)13)11(15)14-8-12(3)6-4-5-7-12;/h9-10H,4-8,13H2,1-3H3,(H,14,15);1H. The van der Waals surface area contributed by atoms with Crippen LogP contribution in [0.1, 0.15) is 46.5 Å². The molecule has 1 rings (SSSR count). The maximum atomic E-state index is 11.7. The highest BCUT2D eigenvalue weighted by Crippen LogP contribution is 2.36. The molecule has 0 radical (unpaired) electrons. The highest BCUT2D eigenvalue weighted by Gasteiger charge is 2.29. The summed E-state index contributed by atoms with van der Waals surface area (Å²) in [6.07, 6.45) is 5.07. The zero-order valence-electron chi connectivity index (χ0n) is 10.6. The molecular weight excluding hydrogens is 224 g/mol. The smallest absolute Gasteiger partial charge is 0.224 e. The SMILES string of the molecule is CC(N)C(C)C(=O)NCC1(C)CCCC1.Cl. The van der Waals surface area contributed by atoms with Crippen LogP contribution >= 0.6 is 12.4 Å². The van der Waals surface area contributed by atoms with E-state index in [9.17, 15) is 4.79 Å². The van der Waals surface area contributed by atoms with E-state index in [1.54, 1.807) is 0 Å². The Kier molecular flexibility index (Phi) is 6.34. The molecule has 0 heterocycles. The Labute approximate surface area is 105 Å². The highest BCUT2D eigenvalue weighted by atomic mass is 35.5. The first kappa shape index (κ1) is 15.7. The number of hydrogen-bond acceptors (Lipinski definition) is 2. The summed E-state index contributed by atoms with van der Waals surface area (Å²) in [7, 11) is 0. The van der Waals surface area contributed by atoms with Gasteiger partial charge in [0.15, 0.2) is 0 Å². The Morgan fingerprint density at radius 2 is 1.88 bits per heavy atom. The van der Waals surface area contributed by atoms with Gasteiger partial charge in [0.2, 0.25) is 5.91 Å². The fraction of sp³-hybridized carbons (Fsp3) is 0.917. The topological polar surface area (TPSA) is 55.1 Å². The summed E-state index contributed by atoms with van der Waals surface area (Å²) in [5, 5.41) is 3.03. The summed E-state index contributed by atoms with van der Waals surface area (Å²) >= 11 is 0. The molecule has 0 spiro atoms. The van der Waals surface area contributed by atoms with Gasteiger partial charge in [-0.25, -0.2) is 0 Å². The molecule has 2 atom stereocenters. The van der Waals surface area contributed by atoms with Crippen molar-refractivity contribution in [1.29, 1.82) is 0 Å². The molecule has 1 saturated carbocycles. The van der Waals surface area contributed by atoms with E-state index < -0.39 is 0 Å². The van der Waals surface area contributed by atoms with Crippen LogP contribution in [0, 0.1) is 11.3 Å². The second-order valence-corrected chi connectivity index (χ2v) is 5.38. The van der Waals surface area contributed by atoms with E-state index >= 15 is 0 Å². The summed E-state index contributed by atoms with van der Waals surface area (Å²) in [6.45, 7) is 6.83. The fourth-order valence-corrected chi connectivity index (χ4v) is 2.11. The van der Waals surface area contributed by atoms with Crippen LogP contribution in [0.25, 0.3) is 0 Å². The predicted octanol–water partition coefficient (Wildman–Crippen LogP) is 2.09. The van der Waals surface area contributed by atoms with Crippen LogP contribution < -0.4 is 11.1 Å². The maximum absolute atomic E-state index is 11.7. The van der Waals surface area contributed by atoms with Gasteiger partial charge in [-0.05, 0) is 25.2 Å². The van der Waals surface area contributed by atoms with E-state index in [2.05, 4.69) is 12.2 Å². The molecule has 96 valence electrons. The molecule has 1 fully saturated rings. The van der Waals surface area contributed by atoms with E-state index in [1.807, 2.05) is 13.8 Å². The normalized spacial score (nSPS) is 22.0. The minimum absolute atomic E-state index is 0. The van der Waals surface area contributed by atoms with Crippen LogP contribution in [0.2, 0.25) is 0 Å². The third-order valence-corrected chi connectivity index (χ3v) is 3.70. The number of nitrogens with one attached hydrogen (secondary N) is 1. The quantitative estimate of drug-likeness (QED) is 0.801. The van der Waals surface area contributed by atoms with E-state index in [4.69, 9.17) is 5.73 Å². The van der Waals surface area contributed by atoms with Gasteiger partial charge >= 0.3 is 0 Å². The third kappa shape index (κ3) is 4.30. The maximum Gasteiger partial charge on any atom is 0.224 e. The van der Waals surface area contributed by atoms with Gasteiger partial charge in [0, 0.05) is 18.5 Å². The zero-order valence-corrected chi connectivity index (χ0v) is 11.4. The molecule has 16 heavy (non-hydrogen) atoms. The largest absolute Gasteiger partial charge is 0.355 e. The average Bonchev–Trinajstić information content (AvgIpc) is 2.61. The number of amides is 1. The summed E-state index contributed by atoms with van der Waals surface area (Å²) in [5.74, 6) is 0.00753. The third-order valence-electron chi connectivity index (χ3n) is 3.70. The number of carbonyl (C=O) groups excluding carboxylic acids is 1. The van der Waals surface area contributed by atoms with Crippen molar-refractivity contribution in [3.05, 3.63) is 0 Å². The number of rotatable bonds is 4. The fourth-order valence-electron chi connectivity index (χ4n) is 2.11. The van der Waals surface area contributed by atoms with Gasteiger partial charge < -0.3 is 11.1 Å². The number of hydrogen-bond donors (Lipinski definition) is 2.